The van der Waals surface area contributed by atoms with E-state index >= 15 is 0 Å². The van der Waals surface area contributed by atoms with Gasteiger partial charge >= 0.3 is 5.97 Å². The van der Waals surface area contributed by atoms with Crippen molar-refractivity contribution in [1.29, 1.82) is 0 Å². The zero-order chi connectivity index (χ0) is 19.2. The maximum absolute atomic E-state index is 12.0. The van der Waals surface area contributed by atoms with Crippen LogP contribution in [0.5, 0.6) is 5.75 Å². The largest absolute Gasteiger partial charge is 0.483 e. The Balaban J connectivity index is 1.48. The molecule has 3 aromatic rings. The highest BCUT2D eigenvalue weighted by atomic mass is 79.9. The van der Waals surface area contributed by atoms with E-state index in [1.807, 2.05) is 24.4 Å². The Morgan fingerprint density at radius 3 is 2.78 bits per heavy atom. The second kappa shape index (κ2) is 8.73. The minimum atomic E-state index is -0.433. The number of esters is 1. The normalized spacial score (nSPS) is 10.6. The molecule has 0 radical (unpaired) electrons. The van der Waals surface area contributed by atoms with Crippen LogP contribution in [0.25, 0.3) is 10.9 Å². The highest BCUT2D eigenvalue weighted by Gasteiger charge is 2.11. The number of hydrogen-bond acceptors (Lipinski definition) is 4. The van der Waals surface area contributed by atoms with Crippen LogP contribution in [0.3, 0.4) is 0 Å². The van der Waals surface area contributed by atoms with E-state index in [9.17, 15) is 9.59 Å². The number of hydrogen-bond donors (Lipinski definition) is 2. The fourth-order valence-corrected chi connectivity index (χ4v) is 3.23. The van der Waals surface area contributed by atoms with Crippen molar-refractivity contribution in [3.05, 3.63) is 64.3 Å². The molecule has 0 spiro atoms. The predicted octanol–water partition coefficient (Wildman–Crippen LogP) is 3.45. The Morgan fingerprint density at radius 1 is 1.19 bits per heavy atom. The maximum Gasteiger partial charge on any atom is 0.337 e. The van der Waals surface area contributed by atoms with Gasteiger partial charge < -0.3 is 19.8 Å². The van der Waals surface area contributed by atoms with Crippen LogP contribution in [0.15, 0.2) is 53.1 Å². The van der Waals surface area contributed by atoms with E-state index in [2.05, 4.69) is 37.0 Å². The van der Waals surface area contributed by atoms with Gasteiger partial charge in [-0.2, -0.15) is 0 Å². The van der Waals surface area contributed by atoms with Gasteiger partial charge in [0.2, 0.25) is 0 Å². The SMILES string of the molecule is COC(=O)c1ccc(OCC(=O)NCCc2c[nH]c3ccccc23)c(Br)c1. The number of carbonyl (C=O) groups excluding carboxylic acids is 2. The predicted molar refractivity (Wildman–Crippen MR) is 106 cm³/mol. The molecule has 7 heteroatoms. The lowest BCUT2D eigenvalue weighted by Crippen LogP contribution is -2.30. The topological polar surface area (TPSA) is 80.4 Å². The summed E-state index contributed by atoms with van der Waals surface area (Å²) in [6, 6.07) is 12.9. The summed E-state index contributed by atoms with van der Waals surface area (Å²) in [4.78, 5) is 26.7. The third kappa shape index (κ3) is 4.68. The molecule has 0 atom stereocenters. The minimum Gasteiger partial charge on any atom is -0.483 e. The average molecular weight is 431 g/mol. The van der Waals surface area contributed by atoms with Crippen LogP contribution < -0.4 is 10.1 Å². The molecule has 0 saturated heterocycles. The summed E-state index contributed by atoms with van der Waals surface area (Å²) in [5.41, 5.74) is 2.65. The van der Waals surface area contributed by atoms with Crippen molar-refractivity contribution in [3.8, 4) is 5.75 Å². The quantitative estimate of drug-likeness (QED) is 0.562. The molecule has 27 heavy (non-hydrogen) atoms. The first-order valence-electron chi connectivity index (χ1n) is 8.41. The first kappa shape index (κ1) is 19.0. The number of halogens is 1. The third-order valence-electron chi connectivity index (χ3n) is 4.10. The molecule has 1 heterocycles. The Bertz CT molecular complexity index is 968. The van der Waals surface area contributed by atoms with Gasteiger partial charge in [-0.3, -0.25) is 4.79 Å². The molecule has 3 rings (SSSR count). The highest BCUT2D eigenvalue weighted by Crippen LogP contribution is 2.26. The van der Waals surface area contributed by atoms with Crippen LogP contribution in [0.1, 0.15) is 15.9 Å². The smallest absolute Gasteiger partial charge is 0.337 e. The van der Waals surface area contributed by atoms with Gasteiger partial charge in [0.15, 0.2) is 6.61 Å². The Hall–Kier alpha value is -2.80. The number of nitrogens with one attached hydrogen (secondary N) is 2. The van der Waals surface area contributed by atoms with Crippen LogP contribution in [0, 0.1) is 0 Å². The molecule has 0 saturated carbocycles. The van der Waals surface area contributed by atoms with Crippen molar-refractivity contribution >= 4 is 38.7 Å². The number of ether oxygens (including phenoxy) is 2. The maximum atomic E-state index is 12.0. The number of H-pyrrole nitrogens is 1. The van der Waals surface area contributed by atoms with Crippen molar-refractivity contribution < 1.29 is 19.1 Å². The summed E-state index contributed by atoms with van der Waals surface area (Å²) in [5, 5.41) is 4.01. The number of carbonyl (C=O) groups is 2. The molecule has 0 aliphatic heterocycles. The lowest BCUT2D eigenvalue weighted by molar-refractivity contribution is -0.123. The minimum absolute atomic E-state index is 0.107. The van der Waals surface area contributed by atoms with E-state index < -0.39 is 5.97 Å². The molecule has 1 amide bonds. The van der Waals surface area contributed by atoms with Gasteiger partial charge in [0.1, 0.15) is 5.75 Å². The average Bonchev–Trinajstić information content (AvgIpc) is 3.09. The first-order chi connectivity index (χ1) is 13.1. The zero-order valence-electron chi connectivity index (χ0n) is 14.8. The number of amides is 1. The van der Waals surface area contributed by atoms with Gasteiger partial charge in [0.05, 0.1) is 17.1 Å². The standard InChI is InChI=1S/C20H19BrN2O4/c1-26-20(25)13-6-7-18(16(21)10-13)27-12-19(24)22-9-8-14-11-23-17-5-3-2-4-15(14)17/h2-7,10-11,23H,8-9,12H2,1H3,(H,22,24). The fraction of sp³-hybridized carbons (Fsp3) is 0.200. The van der Waals surface area contributed by atoms with Crippen LogP contribution in [0.4, 0.5) is 0 Å². The molecule has 0 aliphatic rings. The second-order valence-corrected chi connectivity index (χ2v) is 6.74. The fourth-order valence-electron chi connectivity index (χ4n) is 2.73. The summed E-state index contributed by atoms with van der Waals surface area (Å²) in [6.07, 6.45) is 2.70. The lowest BCUT2D eigenvalue weighted by atomic mass is 10.1. The second-order valence-electron chi connectivity index (χ2n) is 5.88. The zero-order valence-corrected chi connectivity index (χ0v) is 16.3. The van der Waals surface area contributed by atoms with E-state index in [1.54, 1.807) is 18.2 Å². The summed E-state index contributed by atoms with van der Waals surface area (Å²) < 4.78 is 10.8. The van der Waals surface area contributed by atoms with Gasteiger partial charge in [-0.25, -0.2) is 4.79 Å². The molecular weight excluding hydrogens is 412 g/mol. The molecule has 0 fully saturated rings. The monoisotopic (exact) mass is 430 g/mol. The summed E-state index contributed by atoms with van der Waals surface area (Å²) in [5.74, 6) is -0.162. The summed E-state index contributed by atoms with van der Waals surface area (Å²) >= 11 is 3.33. The molecular formula is C20H19BrN2O4. The van der Waals surface area contributed by atoms with Crippen molar-refractivity contribution in [1.82, 2.24) is 10.3 Å². The Kier molecular flexibility index (Phi) is 6.13. The number of benzene rings is 2. The highest BCUT2D eigenvalue weighted by molar-refractivity contribution is 9.10. The number of aromatic amines is 1. The molecule has 2 aromatic carbocycles. The Labute approximate surface area is 165 Å². The van der Waals surface area contributed by atoms with E-state index in [0.29, 0.717) is 22.3 Å². The van der Waals surface area contributed by atoms with Crippen molar-refractivity contribution in [2.45, 2.75) is 6.42 Å². The Morgan fingerprint density at radius 2 is 2.00 bits per heavy atom. The van der Waals surface area contributed by atoms with Crippen molar-refractivity contribution in [2.24, 2.45) is 0 Å². The van der Waals surface area contributed by atoms with Crippen LogP contribution in [0.2, 0.25) is 0 Å². The lowest BCUT2D eigenvalue weighted by Gasteiger charge is -2.10. The van der Waals surface area contributed by atoms with Crippen LogP contribution in [-0.2, 0) is 16.0 Å². The van der Waals surface area contributed by atoms with E-state index in [1.165, 1.54) is 7.11 Å². The molecule has 0 aliphatic carbocycles. The number of rotatable bonds is 7. The summed E-state index contributed by atoms with van der Waals surface area (Å²) in [6.45, 7) is 0.413. The molecule has 140 valence electrons. The number of aromatic nitrogens is 1. The number of methoxy groups -OCH3 is 1. The number of para-hydroxylation sites is 1. The van der Waals surface area contributed by atoms with Crippen molar-refractivity contribution in [2.75, 3.05) is 20.3 Å². The number of fused-ring (bicyclic) bond motifs is 1. The van der Waals surface area contributed by atoms with Crippen LogP contribution in [-0.4, -0.2) is 37.1 Å². The van der Waals surface area contributed by atoms with Crippen molar-refractivity contribution in [3.63, 3.8) is 0 Å². The molecule has 2 N–H and O–H groups in total. The van der Waals surface area contributed by atoms with Gasteiger partial charge in [-0.15, -0.1) is 0 Å². The molecule has 6 nitrogen and oxygen atoms in total. The van der Waals surface area contributed by atoms with Gasteiger partial charge in [0.25, 0.3) is 5.91 Å². The van der Waals surface area contributed by atoms with Gasteiger partial charge in [-0.1, -0.05) is 18.2 Å². The van der Waals surface area contributed by atoms with Gasteiger partial charge in [-0.05, 0) is 52.2 Å². The molecule has 0 bridgehead atoms. The molecule has 1 aromatic heterocycles. The molecule has 0 unspecified atom stereocenters. The summed E-state index contributed by atoms with van der Waals surface area (Å²) in [7, 11) is 1.32. The van der Waals surface area contributed by atoms with E-state index in [0.717, 1.165) is 22.9 Å². The van der Waals surface area contributed by atoms with Gasteiger partial charge in [0, 0.05) is 23.6 Å². The third-order valence-corrected chi connectivity index (χ3v) is 4.72. The van der Waals surface area contributed by atoms with E-state index in [4.69, 9.17) is 4.74 Å². The van der Waals surface area contributed by atoms with Crippen LogP contribution >= 0.6 is 15.9 Å². The first-order valence-corrected chi connectivity index (χ1v) is 9.20. The van der Waals surface area contributed by atoms with E-state index in [-0.39, 0.29) is 12.5 Å².